The number of para-hydroxylation sites is 1. The molecule has 2 aromatic rings. The quantitative estimate of drug-likeness (QED) is 0.884. The van der Waals surface area contributed by atoms with Crippen molar-refractivity contribution in [2.45, 2.75) is 40.2 Å². The fourth-order valence-corrected chi connectivity index (χ4v) is 2.29. The number of benzene rings is 1. The van der Waals surface area contributed by atoms with E-state index in [0.29, 0.717) is 5.56 Å². The largest absolute Gasteiger partial charge is 0.350 e. The minimum absolute atomic E-state index is 0.0811. The van der Waals surface area contributed by atoms with Crippen LogP contribution in [0.4, 0.5) is 5.69 Å². The van der Waals surface area contributed by atoms with Gasteiger partial charge >= 0.3 is 0 Å². The zero-order chi connectivity index (χ0) is 17.7. The Kier molecular flexibility index (Phi) is 5.68. The molecule has 126 valence electrons. The van der Waals surface area contributed by atoms with Crippen molar-refractivity contribution in [3.63, 3.8) is 0 Å². The molecular weight excluding hydrogens is 302 g/mol. The van der Waals surface area contributed by atoms with Gasteiger partial charge in [-0.1, -0.05) is 25.1 Å². The summed E-state index contributed by atoms with van der Waals surface area (Å²) in [6.07, 6.45) is 2.32. The number of anilines is 1. The molecule has 2 amide bonds. The number of hydrogen-bond acceptors (Lipinski definition) is 3. The van der Waals surface area contributed by atoms with Gasteiger partial charge in [0.2, 0.25) is 0 Å². The second-order valence-corrected chi connectivity index (χ2v) is 5.93. The summed E-state index contributed by atoms with van der Waals surface area (Å²) in [4.78, 5) is 28.7. The van der Waals surface area contributed by atoms with E-state index in [1.165, 1.54) is 12.3 Å². The van der Waals surface area contributed by atoms with Gasteiger partial charge in [0, 0.05) is 23.5 Å². The molecule has 0 fully saturated rings. The summed E-state index contributed by atoms with van der Waals surface area (Å²) in [7, 11) is 0. The zero-order valence-electron chi connectivity index (χ0n) is 14.5. The predicted molar refractivity (Wildman–Crippen MR) is 95.3 cm³/mol. The van der Waals surface area contributed by atoms with Crippen molar-refractivity contribution in [2.24, 2.45) is 0 Å². The van der Waals surface area contributed by atoms with Crippen molar-refractivity contribution in [3.05, 3.63) is 58.9 Å². The second-order valence-electron chi connectivity index (χ2n) is 5.93. The lowest BCUT2D eigenvalue weighted by Crippen LogP contribution is -2.32. The summed E-state index contributed by atoms with van der Waals surface area (Å²) in [6, 6.07) is 9.02. The van der Waals surface area contributed by atoms with Gasteiger partial charge in [-0.25, -0.2) is 0 Å². The molecule has 2 rings (SSSR count). The summed E-state index contributed by atoms with van der Waals surface area (Å²) >= 11 is 0. The van der Waals surface area contributed by atoms with Gasteiger partial charge in [0.05, 0.1) is 0 Å². The van der Waals surface area contributed by atoms with Crippen LogP contribution in [0.3, 0.4) is 0 Å². The molecule has 1 aromatic carbocycles. The zero-order valence-corrected chi connectivity index (χ0v) is 14.5. The lowest BCUT2D eigenvalue weighted by Gasteiger charge is -2.13. The molecule has 1 atom stereocenters. The van der Waals surface area contributed by atoms with Crippen molar-refractivity contribution >= 4 is 17.5 Å². The van der Waals surface area contributed by atoms with Gasteiger partial charge in [0.15, 0.2) is 0 Å². The minimum atomic E-state index is -0.328. The van der Waals surface area contributed by atoms with Crippen molar-refractivity contribution in [1.29, 1.82) is 0 Å². The highest BCUT2D eigenvalue weighted by Gasteiger charge is 2.14. The van der Waals surface area contributed by atoms with Crippen LogP contribution < -0.4 is 10.6 Å². The Morgan fingerprint density at radius 3 is 2.42 bits per heavy atom. The summed E-state index contributed by atoms with van der Waals surface area (Å²) in [5, 5.41) is 5.76. The van der Waals surface area contributed by atoms with E-state index in [2.05, 4.69) is 15.6 Å². The molecule has 5 nitrogen and oxygen atoms in total. The molecular formula is C19H23N3O2. The van der Waals surface area contributed by atoms with Crippen LogP contribution in [-0.2, 0) is 0 Å². The standard InChI is InChI=1S/C19H23N3O2/c1-5-14(4)21-18(23)15-9-10-20-16(11-15)19(24)22-17-12(2)7-6-8-13(17)3/h6-11,14H,5H2,1-4H3,(H,21,23)(H,22,24). The molecule has 0 bridgehead atoms. The lowest BCUT2D eigenvalue weighted by molar-refractivity contribution is 0.0939. The van der Waals surface area contributed by atoms with Crippen molar-refractivity contribution in [1.82, 2.24) is 10.3 Å². The molecule has 0 spiro atoms. The normalized spacial score (nSPS) is 11.7. The van der Waals surface area contributed by atoms with E-state index in [0.717, 1.165) is 23.2 Å². The second kappa shape index (κ2) is 7.73. The molecule has 0 aliphatic carbocycles. The van der Waals surface area contributed by atoms with Gasteiger partial charge in [-0.15, -0.1) is 0 Å². The molecule has 0 aliphatic heterocycles. The topological polar surface area (TPSA) is 71.1 Å². The van der Waals surface area contributed by atoms with E-state index < -0.39 is 0 Å². The number of pyridine rings is 1. The van der Waals surface area contributed by atoms with Crippen LogP contribution in [0.25, 0.3) is 0 Å². The first-order valence-electron chi connectivity index (χ1n) is 8.06. The first-order valence-corrected chi connectivity index (χ1v) is 8.06. The molecule has 24 heavy (non-hydrogen) atoms. The van der Waals surface area contributed by atoms with Crippen LogP contribution in [0.2, 0.25) is 0 Å². The minimum Gasteiger partial charge on any atom is -0.350 e. The van der Waals surface area contributed by atoms with Gasteiger partial charge in [0.1, 0.15) is 5.69 Å². The van der Waals surface area contributed by atoms with Crippen molar-refractivity contribution < 1.29 is 9.59 Å². The fourth-order valence-electron chi connectivity index (χ4n) is 2.29. The number of aryl methyl sites for hydroxylation is 2. The van der Waals surface area contributed by atoms with Crippen LogP contribution in [0.5, 0.6) is 0 Å². The molecule has 0 radical (unpaired) electrons. The summed E-state index contributed by atoms with van der Waals surface area (Å²) < 4.78 is 0. The predicted octanol–water partition coefficient (Wildman–Crippen LogP) is 3.48. The molecule has 1 unspecified atom stereocenters. The van der Waals surface area contributed by atoms with Crippen molar-refractivity contribution in [2.75, 3.05) is 5.32 Å². The monoisotopic (exact) mass is 325 g/mol. The van der Waals surface area contributed by atoms with E-state index in [1.807, 2.05) is 45.9 Å². The van der Waals surface area contributed by atoms with Crippen LogP contribution >= 0.6 is 0 Å². The van der Waals surface area contributed by atoms with E-state index in [1.54, 1.807) is 6.07 Å². The molecule has 2 N–H and O–H groups in total. The van der Waals surface area contributed by atoms with Crippen molar-refractivity contribution in [3.8, 4) is 0 Å². The first kappa shape index (κ1) is 17.7. The van der Waals surface area contributed by atoms with Gasteiger partial charge in [-0.3, -0.25) is 14.6 Å². The maximum absolute atomic E-state index is 12.5. The Morgan fingerprint density at radius 1 is 1.12 bits per heavy atom. The molecule has 0 aliphatic rings. The van der Waals surface area contributed by atoms with E-state index in [9.17, 15) is 9.59 Å². The van der Waals surface area contributed by atoms with E-state index >= 15 is 0 Å². The van der Waals surface area contributed by atoms with Gasteiger partial charge in [0.25, 0.3) is 11.8 Å². The summed E-state index contributed by atoms with van der Waals surface area (Å²) in [6.45, 7) is 7.81. The highest BCUT2D eigenvalue weighted by molar-refractivity contribution is 6.05. The van der Waals surface area contributed by atoms with Gasteiger partial charge < -0.3 is 10.6 Å². The number of nitrogens with zero attached hydrogens (tertiary/aromatic N) is 1. The maximum atomic E-state index is 12.5. The summed E-state index contributed by atoms with van der Waals surface area (Å²) in [5.74, 6) is -0.529. The van der Waals surface area contributed by atoms with Crippen LogP contribution in [-0.4, -0.2) is 22.8 Å². The van der Waals surface area contributed by atoms with Crippen LogP contribution in [0.15, 0.2) is 36.5 Å². The first-order chi connectivity index (χ1) is 11.4. The molecule has 5 heteroatoms. The Bertz CT molecular complexity index is 736. The number of nitrogens with one attached hydrogen (secondary N) is 2. The molecule has 1 aromatic heterocycles. The highest BCUT2D eigenvalue weighted by atomic mass is 16.2. The number of carbonyl (C=O) groups is 2. The fraction of sp³-hybridized carbons (Fsp3) is 0.316. The molecule has 0 saturated carbocycles. The Balaban J connectivity index is 2.19. The van der Waals surface area contributed by atoms with Crippen LogP contribution in [0, 0.1) is 13.8 Å². The number of hydrogen-bond donors (Lipinski definition) is 2. The highest BCUT2D eigenvalue weighted by Crippen LogP contribution is 2.20. The van der Waals surface area contributed by atoms with Crippen LogP contribution in [0.1, 0.15) is 52.2 Å². The van der Waals surface area contributed by atoms with Gasteiger partial charge in [-0.2, -0.15) is 0 Å². The smallest absolute Gasteiger partial charge is 0.274 e. The number of rotatable bonds is 5. The maximum Gasteiger partial charge on any atom is 0.274 e. The summed E-state index contributed by atoms with van der Waals surface area (Å²) in [5.41, 5.74) is 3.38. The van der Waals surface area contributed by atoms with Gasteiger partial charge in [-0.05, 0) is 50.5 Å². The Morgan fingerprint density at radius 2 is 1.79 bits per heavy atom. The number of carbonyl (C=O) groups excluding carboxylic acids is 2. The molecule has 0 saturated heterocycles. The average molecular weight is 325 g/mol. The Labute approximate surface area is 142 Å². The SMILES string of the molecule is CCC(C)NC(=O)c1ccnc(C(=O)Nc2c(C)cccc2C)c1. The third-order valence-corrected chi connectivity index (χ3v) is 3.96. The number of aromatic nitrogens is 1. The third-order valence-electron chi connectivity index (χ3n) is 3.96. The number of amides is 2. The Hall–Kier alpha value is -2.69. The third kappa shape index (κ3) is 4.19. The lowest BCUT2D eigenvalue weighted by atomic mass is 10.1. The van der Waals surface area contributed by atoms with E-state index in [4.69, 9.17) is 0 Å². The average Bonchev–Trinajstić information content (AvgIpc) is 2.58. The van der Waals surface area contributed by atoms with E-state index in [-0.39, 0.29) is 23.6 Å². The molecule has 1 heterocycles.